The number of esters is 1. The standard InChI is InChI=1S/C22H22N2O4S/c1-11-8-12(2)17(13(3)9-11)15(25)10-28-22(27)19-14(4)18-20(29-19)23-16-6-5-7-24(16)21(18)26/h8-9H,5-7,10H2,1-4H3. The molecule has 6 nitrogen and oxygen atoms in total. The number of Topliss-reactive ketones (excluding diaryl/α,β-unsaturated/α-hetero) is 1. The van der Waals surface area contributed by atoms with E-state index < -0.39 is 5.97 Å². The third-order valence-corrected chi connectivity index (χ3v) is 6.55. The van der Waals surface area contributed by atoms with E-state index in [9.17, 15) is 14.4 Å². The van der Waals surface area contributed by atoms with E-state index in [1.807, 2.05) is 32.9 Å². The number of hydrogen-bond donors (Lipinski definition) is 0. The van der Waals surface area contributed by atoms with Crippen LogP contribution < -0.4 is 5.56 Å². The fourth-order valence-electron chi connectivity index (χ4n) is 4.16. The predicted octanol–water partition coefficient (Wildman–Crippen LogP) is 3.68. The van der Waals surface area contributed by atoms with Crippen LogP contribution in [-0.2, 0) is 17.7 Å². The Morgan fingerprint density at radius 3 is 2.55 bits per heavy atom. The molecule has 1 aromatic carbocycles. The van der Waals surface area contributed by atoms with Gasteiger partial charge in [0.25, 0.3) is 5.56 Å². The maximum Gasteiger partial charge on any atom is 0.349 e. The Labute approximate surface area is 172 Å². The molecule has 4 rings (SSSR count). The van der Waals surface area contributed by atoms with E-state index in [0.29, 0.717) is 32.8 Å². The Hall–Kier alpha value is -2.80. The Morgan fingerprint density at radius 2 is 1.86 bits per heavy atom. The van der Waals surface area contributed by atoms with Crippen LogP contribution in [0.25, 0.3) is 10.2 Å². The molecule has 0 spiro atoms. The summed E-state index contributed by atoms with van der Waals surface area (Å²) in [5.74, 6) is -0.0562. The smallest absolute Gasteiger partial charge is 0.349 e. The molecule has 0 N–H and O–H groups in total. The van der Waals surface area contributed by atoms with Crippen molar-refractivity contribution in [2.75, 3.05) is 6.61 Å². The van der Waals surface area contributed by atoms with Crippen molar-refractivity contribution in [2.24, 2.45) is 0 Å². The van der Waals surface area contributed by atoms with Gasteiger partial charge in [0.1, 0.15) is 15.5 Å². The summed E-state index contributed by atoms with van der Waals surface area (Å²) in [5.41, 5.74) is 3.89. The number of nitrogens with zero attached hydrogens (tertiary/aromatic N) is 2. The van der Waals surface area contributed by atoms with Crippen LogP contribution in [0.4, 0.5) is 0 Å². The minimum Gasteiger partial charge on any atom is -0.453 e. The van der Waals surface area contributed by atoms with Gasteiger partial charge >= 0.3 is 5.97 Å². The monoisotopic (exact) mass is 410 g/mol. The summed E-state index contributed by atoms with van der Waals surface area (Å²) in [6.45, 7) is 7.80. The Bertz CT molecular complexity index is 1210. The summed E-state index contributed by atoms with van der Waals surface area (Å²) in [6, 6.07) is 3.88. The largest absolute Gasteiger partial charge is 0.453 e. The van der Waals surface area contributed by atoms with E-state index in [4.69, 9.17) is 4.74 Å². The molecule has 0 saturated heterocycles. The molecule has 0 unspecified atom stereocenters. The topological polar surface area (TPSA) is 78.3 Å². The van der Waals surface area contributed by atoms with Gasteiger partial charge in [-0.05, 0) is 50.8 Å². The first-order valence-corrected chi connectivity index (χ1v) is 10.4. The highest BCUT2D eigenvalue weighted by Crippen LogP contribution is 2.29. The lowest BCUT2D eigenvalue weighted by molar-refractivity contribution is 0.0478. The fraction of sp³-hybridized carbons (Fsp3) is 0.364. The van der Waals surface area contributed by atoms with Crippen molar-refractivity contribution in [1.29, 1.82) is 0 Å². The highest BCUT2D eigenvalue weighted by Gasteiger charge is 2.25. The molecule has 0 saturated carbocycles. The van der Waals surface area contributed by atoms with Gasteiger partial charge in [-0.25, -0.2) is 9.78 Å². The molecule has 0 radical (unpaired) electrons. The summed E-state index contributed by atoms with van der Waals surface area (Å²) < 4.78 is 7.01. The molecule has 2 aromatic heterocycles. The summed E-state index contributed by atoms with van der Waals surface area (Å²) >= 11 is 1.16. The van der Waals surface area contributed by atoms with Crippen LogP contribution in [0.15, 0.2) is 16.9 Å². The van der Waals surface area contributed by atoms with E-state index in [1.165, 1.54) is 0 Å². The SMILES string of the molecule is Cc1cc(C)c(C(=O)COC(=O)c2sc3nc4n(c(=O)c3c2C)CCC4)c(C)c1. The summed E-state index contributed by atoms with van der Waals surface area (Å²) in [5, 5.41) is 0.476. The number of benzene rings is 1. The van der Waals surface area contributed by atoms with Gasteiger partial charge in [0.15, 0.2) is 6.61 Å². The molecular weight excluding hydrogens is 388 g/mol. The zero-order chi connectivity index (χ0) is 20.9. The summed E-state index contributed by atoms with van der Waals surface area (Å²) in [4.78, 5) is 43.5. The quantitative estimate of drug-likeness (QED) is 0.484. The normalized spacial score (nSPS) is 13.0. The molecule has 1 aliphatic rings. The highest BCUT2D eigenvalue weighted by molar-refractivity contribution is 7.20. The average Bonchev–Trinajstić information content (AvgIpc) is 3.24. The van der Waals surface area contributed by atoms with Crippen molar-refractivity contribution in [2.45, 2.75) is 47.1 Å². The minimum absolute atomic E-state index is 0.0997. The molecule has 0 atom stereocenters. The second kappa shape index (κ2) is 7.22. The molecule has 1 aliphatic heterocycles. The number of carbonyl (C=O) groups excluding carboxylic acids is 2. The first-order chi connectivity index (χ1) is 13.8. The first-order valence-electron chi connectivity index (χ1n) is 9.59. The van der Waals surface area contributed by atoms with Crippen molar-refractivity contribution in [3.05, 3.63) is 61.0 Å². The second-order valence-corrected chi connectivity index (χ2v) is 8.60. The molecule has 3 aromatic rings. The predicted molar refractivity (Wildman–Crippen MR) is 112 cm³/mol. The second-order valence-electron chi connectivity index (χ2n) is 7.60. The van der Waals surface area contributed by atoms with E-state index in [2.05, 4.69) is 4.98 Å². The van der Waals surface area contributed by atoms with Crippen molar-refractivity contribution < 1.29 is 14.3 Å². The van der Waals surface area contributed by atoms with Gasteiger partial charge in [-0.2, -0.15) is 0 Å². The van der Waals surface area contributed by atoms with Crippen molar-refractivity contribution in [3.63, 3.8) is 0 Å². The van der Waals surface area contributed by atoms with Gasteiger partial charge in [0, 0.05) is 18.5 Å². The number of thiophene rings is 1. The molecule has 3 heterocycles. The number of ketones is 1. The molecular formula is C22H22N2O4S. The van der Waals surface area contributed by atoms with E-state index in [0.717, 1.165) is 46.7 Å². The van der Waals surface area contributed by atoms with Crippen molar-refractivity contribution in [1.82, 2.24) is 9.55 Å². The summed E-state index contributed by atoms with van der Waals surface area (Å²) in [6.07, 6.45) is 1.68. The maximum absolute atomic E-state index is 12.8. The molecule has 29 heavy (non-hydrogen) atoms. The third kappa shape index (κ3) is 3.29. The first kappa shape index (κ1) is 19.5. The van der Waals surface area contributed by atoms with E-state index in [1.54, 1.807) is 11.5 Å². The van der Waals surface area contributed by atoms with Gasteiger partial charge < -0.3 is 4.74 Å². The van der Waals surface area contributed by atoms with Crippen LogP contribution in [0, 0.1) is 27.7 Å². The molecule has 0 amide bonds. The lowest BCUT2D eigenvalue weighted by Crippen LogP contribution is -2.20. The average molecular weight is 410 g/mol. The molecule has 7 heteroatoms. The van der Waals surface area contributed by atoms with Crippen LogP contribution >= 0.6 is 11.3 Å². The van der Waals surface area contributed by atoms with Gasteiger partial charge in [-0.15, -0.1) is 11.3 Å². The van der Waals surface area contributed by atoms with E-state index >= 15 is 0 Å². The molecule has 0 fully saturated rings. The Morgan fingerprint density at radius 1 is 1.17 bits per heavy atom. The number of aryl methyl sites for hydroxylation is 5. The molecule has 0 aliphatic carbocycles. The Kier molecular flexibility index (Phi) is 4.86. The number of aromatic nitrogens is 2. The number of rotatable bonds is 4. The Balaban J connectivity index is 1.59. The maximum atomic E-state index is 12.8. The van der Waals surface area contributed by atoms with Crippen LogP contribution in [0.5, 0.6) is 0 Å². The van der Waals surface area contributed by atoms with E-state index in [-0.39, 0.29) is 17.9 Å². The number of carbonyl (C=O) groups is 2. The number of fused-ring (bicyclic) bond motifs is 2. The van der Waals surface area contributed by atoms with Crippen LogP contribution in [0.1, 0.15) is 54.5 Å². The van der Waals surface area contributed by atoms with Crippen LogP contribution in [-0.4, -0.2) is 27.9 Å². The highest BCUT2D eigenvalue weighted by atomic mass is 32.1. The van der Waals surface area contributed by atoms with Gasteiger partial charge in [-0.3, -0.25) is 14.2 Å². The van der Waals surface area contributed by atoms with Gasteiger partial charge in [0.2, 0.25) is 5.78 Å². The van der Waals surface area contributed by atoms with Gasteiger partial charge in [-0.1, -0.05) is 17.7 Å². The summed E-state index contributed by atoms with van der Waals surface area (Å²) in [7, 11) is 0. The number of hydrogen-bond acceptors (Lipinski definition) is 6. The zero-order valence-corrected chi connectivity index (χ0v) is 17.7. The minimum atomic E-state index is -0.592. The lowest BCUT2D eigenvalue weighted by Gasteiger charge is -2.10. The molecule has 150 valence electrons. The van der Waals surface area contributed by atoms with Crippen LogP contribution in [0.3, 0.4) is 0 Å². The zero-order valence-electron chi connectivity index (χ0n) is 16.9. The molecule has 0 bridgehead atoms. The fourth-order valence-corrected chi connectivity index (χ4v) is 5.24. The van der Waals surface area contributed by atoms with Crippen molar-refractivity contribution >= 4 is 33.3 Å². The third-order valence-electron chi connectivity index (χ3n) is 5.39. The lowest BCUT2D eigenvalue weighted by atomic mass is 9.97. The van der Waals surface area contributed by atoms with Crippen molar-refractivity contribution in [3.8, 4) is 0 Å². The van der Waals surface area contributed by atoms with Crippen LogP contribution in [0.2, 0.25) is 0 Å². The van der Waals surface area contributed by atoms with Gasteiger partial charge in [0.05, 0.1) is 5.39 Å². The number of ether oxygens (including phenoxy) is 1.